The van der Waals surface area contributed by atoms with E-state index in [1.165, 1.54) is 25.3 Å². The van der Waals surface area contributed by atoms with Crippen LogP contribution in [-0.2, 0) is 6.18 Å². The number of rotatable bonds is 4. The SMILES string of the molecule is CC1C(c2ccc(C(N)=O)cc2C(F)(F)F)c2c(ccc(Oc3ccnc(N)n3)c2F)N1C(=O)O. The van der Waals surface area contributed by atoms with Crippen LogP contribution in [0.1, 0.15) is 39.9 Å². The number of fused-ring (bicyclic) bond motifs is 1. The van der Waals surface area contributed by atoms with Gasteiger partial charge in [-0.15, -0.1) is 0 Å². The van der Waals surface area contributed by atoms with E-state index in [9.17, 15) is 27.9 Å². The Balaban J connectivity index is 1.93. The number of carbonyl (C=O) groups is 2. The second-order valence-corrected chi connectivity index (χ2v) is 7.70. The number of nitrogen functional groups attached to an aromatic ring is 1. The Bertz CT molecular complexity index is 1350. The van der Waals surface area contributed by atoms with E-state index in [0.717, 1.165) is 23.1 Å². The summed E-state index contributed by atoms with van der Waals surface area (Å²) in [5, 5.41) is 9.73. The normalized spacial score (nSPS) is 17.2. The second-order valence-electron chi connectivity index (χ2n) is 7.70. The molecule has 1 aliphatic heterocycles. The molecular formula is C22H17F4N5O4. The van der Waals surface area contributed by atoms with Gasteiger partial charge < -0.3 is 21.3 Å². The number of carbonyl (C=O) groups excluding carboxylic acids is 1. The summed E-state index contributed by atoms with van der Waals surface area (Å²) in [5.41, 5.74) is 8.09. The molecule has 35 heavy (non-hydrogen) atoms. The molecule has 4 rings (SSSR count). The average Bonchev–Trinajstić information content (AvgIpc) is 3.07. The molecule has 0 bridgehead atoms. The number of alkyl halides is 3. The highest BCUT2D eigenvalue weighted by molar-refractivity contribution is 5.94. The smallest absolute Gasteiger partial charge is 0.416 e. The Morgan fingerprint density at radius 2 is 1.89 bits per heavy atom. The van der Waals surface area contributed by atoms with Crippen molar-refractivity contribution in [2.75, 3.05) is 10.6 Å². The van der Waals surface area contributed by atoms with Crippen molar-refractivity contribution < 1.29 is 37.0 Å². The van der Waals surface area contributed by atoms with Gasteiger partial charge in [0.05, 0.1) is 11.3 Å². The lowest BCUT2D eigenvalue weighted by Gasteiger charge is -2.25. The first-order valence-corrected chi connectivity index (χ1v) is 10.0. The molecule has 2 aromatic carbocycles. The van der Waals surface area contributed by atoms with Crippen LogP contribution in [-0.4, -0.2) is 33.1 Å². The van der Waals surface area contributed by atoms with Crippen molar-refractivity contribution in [2.24, 2.45) is 5.73 Å². The maximum atomic E-state index is 15.8. The molecule has 3 aromatic rings. The van der Waals surface area contributed by atoms with Gasteiger partial charge in [0.15, 0.2) is 11.6 Å². The van der Waals surface area contributed by atoms with E-state index in [-0.39, 0.29) is 23.1 Å². The Kier molecular flexibility index (Phi) is 5.71. The average molecular weight is 491 g/mol. The highest BCUT2D eigenvalue weighted by atomic mass is 19.4. The number of amides is 2. The molecule has 182 valence electrons. The van der Waals surface area contributed by atoms with Gasteiger partial charge in [0.1, 0.15) is 0 Å². The molecule has 0 saturated carbocycles. The molecule has 2 amide bonds. The van der Waals surface area contributed by atoms with Gasteiger partial charge in [0, 0.05) is 35.3 Å². The standard InChI is InChI=1S/C22H17F4N5O4/c1-9-16(11-3-2-10(19(27)32)8-12(11)22(24,25)26)17-13(31(9)21(33)34)4-5-14(18(17)23)35-15-6-7-29-20(28)30-15/h2-9,16H,1H3,(H2,27,32)(H,33,34)(H2,28,29,30). The van der Waals surface area contributed by atoms with Crippen LogP contribution in [0.4, 0.5) is 34.0 Å². The largest absolute Gasteiger partial charge is 0.465 e. The number of hydrogen-bond acceptors (Lipinski definition) is 6. The molecule has 5 N–H and O–H groups in total. The minimum atomic E-state index is -4.94. The molecule has 0 aliphatic carbocycles. The van der Waals surface area contributed by atoms with Crippen molar-refractivity contribution in [3.63, 3.8) is 0 Å². The number of benzene rings is 2. The third kappa shape index (κ3) is 4.16. The number of nitrogens with two attached hydrogens (primary N) is 2. The van der Waals surface area contributed by atoms with Gasteiger partial charge in [-0.1, -0.05) is 6.07 Å². The zero-order valence-corrected chi connectivity index (χ0v) is 17.9. The summed E-state index contributed by atoms with van der Waals surface area (Å²) in [5.74, 6) is -4.24. The van der Waals surface area contributed by atoms with Crippen LogP contribution in [0.2, 0.25) is 0 Å². The van der Waals surface area contributed by atoms with Crippen molar-refractivity contribution in [1.29, 1.82) is 0 Å². The molecular weight excluding hydrogens is 474 g/mol. The number of primary amides is 1. The monoisotopic (exact) mass is 491 g/mol. The van der Waals surface area contributed by atoms with Gasteiger partial charge in [-0.05, 0) is 36.8 Å². The quantitative estimate of drug-likeness (QED) is 0.466. The van der Waals surface area contributed by atoms with Gasteiger partial charge in [-0.2, -0.15) is 18.2 Å². The molecule has 0 spiro atoms. The van der Waals surface area contributed by atoms with Crippen molar-refractivity contribution in [2.45, 2.75) is 25.1 Å². The molecule has 2 atom stereocenters. The number of aromatic nitrogens is 2. The van der Waals surface area contributed by atoms with Gasteiger partial charge in [-0.25, -0.2) is 14.2 Å². The number of hydrogen-bond donors (Lipinski definition) is 3. The molecule has 1 aromatic heterocycles. The summed E-state index contributed by atoms with van der Waals surface area (Å²) in [6, 6.07) is 5.16. The molecule has 0 radical (unpaired) electrons. The van der Waals surface area contributed by atoms with Gasteiger partial charge in [0.2, 0.25) is 17.7 Å². The third-order valence-corrected chi connectivity index (χ3v) is 5.63. The predicted molar refractivity (Wildman–Crippen MR) is 115 cm³/mol. The fourth-order valence-electron chi connectivity index (χ4n) is 4.20. The van der Waals surface area contributed by atoms with Crippen molar-refractivity contribution in [3.05, 3.63) is 70.7 Å². The van der Waals surface area contributed by atoms with Crippen LogP contribution in [0.3, 0.4) is 0 Å². The second kappa shape index (κ2) is 8.42. The first kappa shape index (κ1) is 23.7. The lowest BCUT2D eigenvalue weighted by atomic mass is 9.84. The number of halogens is 4. The molecule has 0 saturated heterocycles. The zero-order chi connectivity index (χ0) is 25.7. The van der Waals surface area contributed by atoms with Crippen molar-refractivity contribution in [1.82, 2.24) is 9.97 Å². The Morgan fingerprint density at radius 1 is 1.17 bits per heavy atom. The number of carboxylic acid groups (broad SMARTS) is 1. The lowest BCUT2D eigenvalue weighted by molar-refractivity contribution is -0.138. The van der Waals surface area contributed by atoms with E-state index >= 15 is 4.39 Å². The van der Waals surface area contributed by atoms with Gasteiger partial charge in [0.25, 0.3) is 0 Å². The van der Waals surface area contributed by atoms with Crippen LogP contribution in [0.25, 0.3) is 0 Å². The van der Waals surface area contributed by atoms with E-state index in [4.69, 9.17) is 16.2 Å². The van der Waals surface area contributed by atoms with Crippen LogP contribution in [0.15, 0.2) is 42.6 Å². The summed E-state index contributed by atoms with van der Waals surface area (Å²) < 4.78 is 63.1. The van der Waals surface area contributed by atoms with Gasteiger partial charge >= 0.3 is 12.3 Å². The third-order valence-electron chi connectivity index (χ3n) is 5.63. The number of anilines is 2. The fraction of sp³-hybridized carbons (Fsp3) is 0.182. The summed E-state index contributed by atoms with van der Waals surface area (Å²) >= 11 is 0. The number of ether oxygens (including phenoxy) is 1. The van der Waals surface area contributed by atoms with Gasteiger partial charge in [-0.3, -0.25) is 9.69 Å². The highest BCUT2D eigenvalue weighted by Gasteiger charge is 2.46. The maximum Gasteiger partial charge on any atom is 0.416 e. The van der Waals surface area contributed by atoms with Crippen LogP contribution in [0.5, 0.6) is 11.6 Å². The molecule has 2 unspecified atom stereocenters. The first-order valence-electron chi connectivity index (χ1n) is 10.0. The molecule has 9 nitrogen and oxygen atoms in total. The minimum Gasteiger partial charge on any atom is -0.465 e. The summed E-state index contributed by atoms with van der Waals surface area (Å²) in [7, 11) is 0. The van der Waals surface area contributed by atoms with Crippen molar-refractivity contribution in [3.8, 4) is 11.6 Å². The van der Waals surface area contributed by atoms with E-state index < -0.39 is 58.4 Å². The van der Waals surface area contributed by atoms with Crippen LogP contribution in [0, 0.1) is 5.82 Å². The topological polar surface area (TPSA) is 145 Å². The Hall–Kier alpha value is -4.42. The van der Waals surface area contributed by atoms with E-state index in [1.807, 2.05) is 0 Å². The van der Waals surface area contributed by atoms with E-state index in [2.05, 4.69) is 9.97 Å². The van der Waals surface area contributed by atoms with Crippen LogP contribution >= 0.6 is 0 Å². The predicted octanol–water partition coefficient (Wildman–Crippen LogP) is 4.13. The van der Waals surface area contributed by atoms with E-state index in [0.29, 0.717) is 6.07 Å². The Morgan fingerprint density at radius 3 is 2.49 bits per heavy atom. The molecule has 13 heteroatoms. The summed E-state index contributed by atoms with van der Waals surface area (Å²) in [6.45, 7) is 1.35. The van der Waals surface area contributed by atoms with E-state index in [1.54, 1.807) is 0 Å². The summed E-state index contributed by atoms with van der Waals surface area (Å²) in [6.07, 6.45) is -5.17. The molecule has 0 fully saturated rings. The molecule has 2 heterocycles. The van der Waals surface area contributed by atoms with Crippen molar-refractivity contribution >= 4 is 23.6 Å². The summed E-state index contributed by atoms with van der Waals surface area (Å²) in [4.78, 5) is 31.7. The zero-order valence-electron chi connectivity index (χ0n) is 17.9. The minimum absolute atomic E-state index is 0.129. The fourth-order valence-corrected chi connectivity index (χ4v) is 4.20. The Labute approximate surface area is 195 Å². The molecule has 1 aliphatic rings. The maximum absolute atomic E-state index is 15.8. The number of nitrogens with zero attached hydrogens (tertiary/aromatic N) is 3. The van der Waals surface area contributed by atoms with Crippen LogP contribution < -0.4 is 21.1 Å². The lowest BCUT2D eigenvalue weighted by Crippen LogP contribution is -2.36. The first-order chi connectivity index (χ1) is 16.4. The highest BCUT2D eigenvalue weighted by Crippen LogP contribution is 2.50.